The lowest BCUT2D eigenvalue weighted by Crippen LogP contribution is -2.46. The maximum absolute atomic E-state index is 3.56. The highest BCUT2D eigenvalue weighted by atomic mass is 79.9. The minimum atomic E-state index is 0.115. The summed E-state index contributed by atoms with van der Waals surface area (Å²) in [4.78, 5) is 2.25. The van der Waals surface area contributed by atoms with E-state index in [-0.39, 0.29) is 5.54 Å². The standard InChI is InChI=1S/C12H19BrN2/c1-12(2,14-3)9-15(4)11-8-6-5-7-10(11)13/h5-8,14H,9H2,1-4H3. The fraction of sp³-hybridized carbons (Fsp3) is 0.500. The van der Waals surface area contributed by atoms with Gasteiger partial charge in [-0.25, -0.2) is 0 Å². The van der Waals surface area contributed by atoms with Crippen LogP contribution in [0.2, 0.25) is 0 Å². The van der Waals surface area contributed by atoms with E-state index >= 15 is 0 Å². The van der Waals surface area contributed by atoms with Gasteiger partial charge in [0.05, 0.1) is 5.69 Å². The molecule has 0 saturated carbocycles. The molecule has 1 aromatic rings. The Morgan fingerprint density at radius 2 is 1.93 bits per heavy atom. The largest absolute Gasteiger partial charge is 0.372 e. The molecule has 0 unspecified atom stereocenters. The average molecular weight is 271 g/mol. The molecule has 3 heteroatoms. The quantitative estimate of drug-likeness (QED) is 0.905. The minimum Gasteiger partial charge on any atom is -0.372 e. The van der Waals surface area contributed by atoms with E-state index in [1.807, 2.05) is 13.1 Å². The minimum absolute atomic E-state index is 0.115. The molecule has 0 bridgehead atoms. The molecule has 0 aliphatic rings. The zero-order chi connectivity index (χ0) is 11.5. The monoisotopic (exact) mass is 270 g/mol. The zero-order valence-corrected chi connectivity index (χ0v) is 11.4. The lowest BCUT2D eigenvalue weighted by molar-refractivity contribution is 0.428. The van der Waals surface area contributed by atoms with Crippen molar-refractivity contribution >= 4 is 21.6 Å². The van der Waals surface area contributed by atoms with Gasteiger partial charge in [-0.2, -0.15) is 0 Å². The Morgan fingerprint density at radius 3 is 2.47 bits per heavy atom. The molecule has 15 heavy (non-hydrogen) atoms. The van der Waals surface area contributed by atoms with Crippen molar-refractivity contribution in [3.05, 3.63) is 28.7 Å². The third-order valence-electron chi connectivity index (χ3n) is 2.57. The Hall–Kier alpha value is -0.540. The van der Waals surface area contributed by atoms with E-state index < -0.39 is 0 Å². The van der Waals surface area contributed by atoms with Crippen LogP contribution in [0.15, 0.2) is 28.7 Å². The van der Waals surface area contributed by atoms with Crippen molar-refractivity contribution in [2.75, 3.05) is 25.5 Å². The van der Waals surface area contributed by atoms with Gasteiger partial charge in [-0.3, -0.25) is 0 Å². The smallest absolute Gasteiger partial charge is 0.0508 e. The van der Waals surface area contributed by atoms with Gasteiger partial charge in [-0.1, -0.05) is 12.1 Å². The van der Waals surface area contributed by atoms with Crippen LogP contribution in [-0.2, 0) is 0 Å². The molecule has 0 aliphatic heterocycles. The van der Waals surface area contributed by atoms with Crippen LogP contribution in [0, 0.1) is 0 Å². The van der Waals surface area contributed by atoms with Crippen LogP contribution in [0.5, 0.6) is 0 Å². The Bertz CT molecular complexity index is 323. The first-order valence-corrected chi connectivity index (χ1v) is 5.90. The number of nitrogens with zero attached hydrogens (tertiary/aromatic N) is 1. The lowest BCUT2D eigenvalue weighted by atomic mass is 10.1. The molecule has 0 aromatic heterocycles. The third kappa shape index (κ3) is 3.50. The predicted octanol–water partition coefficient (Wildman–Crippen LogP) is 2.88. The molecule has 1 N–H and O–H groups in total. The van der Waals surface area contributed by atoms with Gasteiger partial charge in [0, 0.05) is 23.6 Å². The number of rotatable bonds is 4. The summed E-state index contributed by atoms with van der Waals surface area (Å²) in [6.07, 6.45) is 0. The van der Waals surface area contributed by atoms with Crippen molar-refractivity contribution in [1.82, 2.24) is 5.32 Å². The number of hydrogen-bond acceptors (Lipinski definition) is 2. The van der Waals surface area contributed by atoms with Crippen LogP contribution in [0.1, 0.15) is 13.8 Å². The number of likely N-dealkylation sites (N-methyl/N-ethyl adjacent to an activating group) is 2. The van der Waals surface area contributed by atoms with E-state index in [1.165, 1.54) is 5.69 Å². The summed E-state index contributed by atoms with van der Waals surface area (Å²) in [6, 6.07) is 8.28. The molecule has 0 saturated heterocycles. The molecule has 84 valence electrons. The van der Waals surface area contributed by atoms with Crippen molar-refractivity contribution in [2.45, 2.75) is 19.4 Å². The topological polar surface area (TPSA) is 15.3 Å². The van der Waals surface area contributed by atoms with Crippen LogP contribution >= 0.6 is 15.9 Å². The fourth-order valence-electron chi connectivity index (χ4n) is 1.52. The van der Waals surface area contributed by atoms with Crippen molar-refractivity contribution in [3.63, 3.8) is 0 Å². The van der Waals surface area contributed by atoms with Crippen molar-refractivity contribution < 1.29 is 0 Å². The molecule has 0 spiro atoms. The highest BCUT2D eigenvalue weighted by Crippen LogP contribution is 2.25. The van der Waals surface area contributed by atoms with Gasteiger partial charge in [-0.15, -0.1) is 0 Å². The highest BCUT2D eigenvalue weighted by molar-refractivity contribution is 9.10. The number of halogens is 1. The number of anilines is 1. The maximum Gasteiger partial charge on any atom is 0.0508 e. The van der Waals surface area contributed by atoms with Gasteiger partial charge in [0.25, 0.3) is 0 Å². The average Bonchev–Trinajstić information content (AvgIpc) is 2.17. The molecule has 0 fully saturated rings. The molecule has 1 rings (SSSR count). The van der Waals surface area contributed by atoms with Crippen molar-refractivity contribution in [2.24, 2.45) is 0 Å². The van der Waals surface area contributed by atoms with E-state index in [4.69, 9.17) is 0 Å². The van der Waals surface area contributed by atoms with E-state index in [2.05, 4.69) is 65.2 Å². The number of hydrogen-bond donors (Lipinski definition) is 1. The maximum atomic E-state index is 3.56. The van der Waals surface area contributed by atoms with Gasteiger partial charge in [-0.05, 0) is 49.0 Å². The summed E-state index contributed by atoms with van der Waals surface area (Å²) >= 11 is 3.56. The van der Waals surface area contributed by atoms with E-state index in [1.54, 1.807) is 0 Å². The summed E-state index contributed by atoms with van der Waals surface area (Å²) in [7, 11) is 4.10. The normalized spacial score (nSPS) is 11.5. The molecular formula is C12H19BrN2. The Balaban J connectivity index is 2.78. The first-order chi connectivity index (χ1) is 6.96. The Morgan fingerprint density at radius 1 is 1.33 bits per heavy atom. The van der Waals surface area contributed by atoms with E-state index in [9.17, 15) is 0 Å². The van der Waals surface area contributed by atoms with Gasteiger partial charge in [0.15, 0.2) is 0 Å². The molecule has 0 heterocycles. The molecule has 2 nitrogen and oxygen atoms in total. The molecule has 0 aliphatic carbocycles. The first kappa shape index (κ1) is 12.5. The predicted molar refractivity (Wildman–Crippen MR) is 70.6 cm³/mol. The first-order valence-electron chi connectivity index (χ1n) is 5.11. The van der Waals surface area contributed by atoms with Crippen LogP contribution in [-0.4, -0.2) is 26.2 Å². The molecule has 0 atom stereocenters. The molecule has 0 amide bonds. The molecule has 0 radical (unpaired) electrons. The van der Waals surface area contributed by atoms with Crippen LogP contribution < -0.4 is 10.2 Å². The van der Waals surface area contributed by atoms with Crippen molar-refractivity contribution in [3.8, 4) is 0 Å². The number of para-hydroxylation sites is 1. The second-order valence-electron chi connectivity index (χ2n) is 4.44. The van der Waals surface area contributed by atoms with Crippen LogP contribution in [0.3, 0.4) is 0 Å². The third-order valence-corrected chi connectivity index (χ3v) is 3.24. The Labute approximate surface area is 101 Å². The second kappa shape index (κ2) is 4.99. The van der Waals surface area contributed by atoms with Gasteiger partial charge < -0.3 is 10.2 Å². The summed E-state index contributed by atoms with van der Waals surface area (Å²) in [5, 5.41) is 3.30. The summed E-state index contributed by atoms with van der Waals surface area (Å²) in [6.45, 7) is 5.35. The van der Waals surface area contributed by atoms with Crippen LogP contribution in [0.25, 0.3) is 0 Å². The molecular weight excluding hydrogens is 252 g/mol. The lowest BCUT2D eigenvalue weighted by Gasteiger charge is -2.31. The fourth-order valence-corrected chi connectivity index (χ4v) is 2.11. The molecule has 1 aromatic carbocycles. The zero-order valence-electron chi connectivity index (χ0n) is 9.84. The SMILES string of the molecule is CNC(C)(C)CN(C)c1ccccc1Br. The van der Waals surface area contributed by atoms with Crippen LogP contribution in [0.4, 0.5) is 5.69 Å². The Kier molecular flexibility index (Phi) is 4.17. The summed E-state index contributed by atoms with van der Waals surface area (Å²) in [5.41, 5.74) is 1.34. The number of benzene rings is 1. The van der Waals surface area contributed by atoms with E-state index in [0.717, 1.165) is 11.0 Å². The number of nitrogens with one attached hydrogen (secondary N) is 1. The van der Waals surface area contributed by atoms with Gasteiger partial charge >= 0.3 is 0 Å². The van der Waals surface area contributed by atoms with Crippen molar-refractivity contribution in [1.29, 1.82) is 0 Å². The van der Waals surface area contributed by atoms with Gasteiger partial charge in [0.2, 0.25) is 0 Å². The highest BCUT2D eigenvalue weighted by Gasteiger charge is 2.18. The second-order valence-corrected chi connectivity index (χ2v) is 5.30. The van der Waals surface area contributed by atoms with E-state index in [0.29, 0.717) is 0 Å². The summed E-state index contributed by atoms with van der Waals surface area (Å²) < 4.78 is 1.14. The van der Waals surface area contributed by atoms with Gasteiger partial charge in [0.1, 0.15) is 0 Å². The summed E-state index contributed by atoms with van der Waals surface area (Å²) in [5.74, 6) is 0.